The van der Waals surface area contributed by atoms with Gasteiger partial charge in [-0.05, 0) is 48.6 Å². The fourth-order valence-corrected chi connectivity index (χ4v) is 2.26. The van der Waals surface area contributed by atoms with Crippen molar-refractivity contribution in [1.29, 1.82) is 0 Å². The van der Waals surface area contributed by atoms with Crippen molar-refractivity contribution in [3.05, 3.63) is 48.4 Å². The van der Waals surface area contributed by atoms with E-state index in [1.165, 1.54) is 13.2 Å². The molecule has 0 amide bonds. The average Bonchev–Trinajstić information content (AvgIpc) is 2.59. The SMILES string of the molecule is C=CC#CC(CC/C=C/Sc1ccc(OC)cc1)OC(=O)OC. The van der Waals surface area contributed by atoms with Crippen molar-refractivity contribution >= 4 is 17.9 Å². The topological polar surface area (TPSA) is 44.8 Å². The van der Waals surface area contributed by atoms with E-state index in [1.807, 2.05) is 35.7 Å². The fourth-order valence-electron chi connectivity index (χ4n) is 1.57. The van der Waals surface area contributed by atoms with Gasteiger partial charge in [-0.3, -0.25) is 0 Å². The summed E-state index contributed by atoms with van der Waals surface area (Å²) in [6.45, 7) is 3.52. The highest BCUT2D eigenvalue weighted by Crippen LogP contribution is 2.22. The van der Waals surface area contributed by atoms with Crippen LogP contribution in [0, 0.1) is 11.8 Å². The molecule has 1 aromatic carbocycles. The van der Waals surface area contributed by atoms with Gasteiger partial charge in [0.1, 0.15) is 5.75 Å². The second kappa shape index (κ2) is 11.3. The van der Waals surface area contributed by atoms with Crippen LogP contribution >= 0.6 is 11.8 Å². The Morgan fingerprint density at radius 2 is 2.09 bits per heavy atom. The van der Waals surface area contributed by atoms with Gasteiger partial charge in [0.05, 0.1) is 14.2 Å². The lowest BCUT2D eigenvalue weighted by atomic mass is 10.2. The maximum Gasteiger partial charge on any atom is 0.509 e. The van der Waals surface area contributed by atoms with E-state index in [-0.39, 0.29) is 0 Å². The highest BCUT2D eigenvalue weighted by Gasteiger charge is 2.10. The van der Waals surface area contributed by atoms with Gasteiger partial charge in [0, 0.05) is 4.90 Å². The third kappa shape index (κ3) is 8.03. The van der Waals surface area contributed by atoms with E-state index >= 15 is 0 Å². The smallest absolute Gasteiger partial charge is 0.497 e. The molecule has 0 heterocycles. The molecule has 1 unspecified atom stereocenters. The Balaban J connectivity index is 2.41. The van der Waals surface area contributed by atoms with Crippen molar-refractivity contribution in [1.82, 2.24) is 0 Å². The Bertz CT molecular complexity index is 581. The number of carbonyl (C=O) groups is 1. The third-order valence-electron chi connectivity index (χ3n) is 2.71. The van der Waals surface area contributed by atoms with Crippen molar-refractivity contribution < 1.29 is 19.0 Å². The highest BCUT2D eigenvalue weighted by atomic mass is 32.2. The summed E-state index contributed by atoms with van der Waals surface area (Å²) in [6.07, 6.45) is 3.56. The second-order valence-corrected chi connectivity index (χ2v) is 5.28. The first kappa shape index (κ1) is 18.7. The lowest BCUT2D eigenvalue weighted by Crippen LogP contribution is -2.16. The molecule has 0 N–H and O–H groups in total. The number of ether oxygens (including phenoxy) is 3. The third-order valence-corrected chi connectivity index (χ3v) is 3.58. The molecule has 0 saturated heterocycles. The van der Waals surface area contributed by atoms with E-state index in [0.717, 1.165) is 17.1 Å². The molecule has 1 aromatic rings. The lowest BCUT2D eigenvalue weighted by molar-refractivity contribution is 0.0532. The van der Waals surface area contributed by atoms with Crippen LogP contribution in [0.2, 0.25) is 0 Å². The van der Waals surface area contributed by atoms with E-state index in [1.54, 1.807) is 18.9 Å². The van der Waals surface area contributed by atoms with Crippen LogP contribution in [0.15, 0.2) is 53.3 Å². The number of hydrogen-bond donors (Lipinski definition) is 0. The van der Waals surface area contributed by atoms with E-state index < -0.39 is 12.3 Å². The van der Waals surface area contributed by atoms with E-state index in [2.05, 4.69) is 23.2 Å². The van der Waals surface area contributed by atoms with Gasteiger partial charge in [0.2, 0.25) is 0 Å². The molecule has 0 aliphatic heterocycles. The number of allylic oxidation sites excluding steroid dienone is 2. The summed E-state index contributed by atoms with van der Waals surface area (Å²) >= 11 is 1.61. The zero-order valence-corrected chi connectivity index (χ0v) is 14.1. The highest BCUT2D eigenvalue weighted by molar-refractivity contribution is 8.02. The molecule has 0 aliphatic rings. The molecule has 0 aliphatic carbocycles. The molecule has 23 heavy (non-hydrogen) atoms. The monoisotopic (exact) mass is 332 g/mol. The molecule has 0 fully saturated rings. The number of methoxy groups -OCH3 is 2. The molecule has 0 bridgehead atoms. The van der Waals surface area contributed by atoms with Crippen LogP contribution in [0.5, 0.6) is 5.75 Å². The number of benzene rings is 1. The van der Waals surface area contributed by atoms with Gasteiger partial charge in [-0.1, -0.05) is 36.3 Å². The van der Waals surface area contributed by atoms with Crippen molar-refractivity contribution in [2.75, 3.05) is 14.2 Å². The molecule has 0 spiro atoms. The first-order valence-corrected chi connectivity index (χ1v) is 7.89. The maximum absolute atomic E-state index is 11.1. The van der Waals surface area contributed by atoms with Crippen molar-refractivity contribution in [3.8, 4) is 17.6 Å². The minimum absolute atomic E-state index is 0.504. The Morgan fingerprint density at radius 1 is 1.35 bits per heavy atom. The predicted molar refractivity (Wildman–Crippen MR) is 92.5 cm³/mol. The van der Waals surface area contributed by atoms with Crippen LogP contribution in [0.25, 0.3) is 0 Å². The van der Waals surface area contributed by atoms with Gasteiger partial charge < -0.3 is 14.2 Å². The zero-order chi connectivity index (χ0) is 16.9. The average molecular weight is 332 g/mol. The molecule has 1 atom stereocenters. The first-order chi connectivity index (χ1) is 11.2. The maximum atomic E-state index is 11.1. The van der Waals surface area contributed by atoms with Gasteiger partial charge in [-0.15, -0.1) is 0 Å². The van der Waals surface area contributed by atoms with Crippen LogP contribution in [-0.2, 0) is 9.47 Å². The van der Waals surface area contributed by atoms with Gasteiger partial charge in [0.25, 0.3) is 0 Å². The number of thioether (sulfide) groups is 1. The van der Waals surface area contributed by atoms with Crippen LogP contribution in [0.1, 0.15) is 12.8 Å². The van der Waals surface area contributed by atoms with Gasteiger partial charge in [0.15, 0.2) is 6.10 Å². The number of rotatable bonds is 7. The summed E-state index contributed by atoms with van der Waals surface area (Å²) in [7, 11) is 2.91. The summed E-state index contributed by atoms with van der Waals surface area (Å²) in [6, 6.07) is 7.82. The minimum Gasteiger partial charge on any atom is -0.497 e. The normalized spacial score (nSPS) is 11.2. The van der Waals surface area contributed by atoms with E-state index in [4.69, 9.17) is 9.47 Å². The molecule has 1 rings (SSSR count). The Hall–Kier alpha value is -2.32. The van der Waals surface area contributed by atoms with Crippen LogP contribution in [0.4, 0.5) is 4.79 Å². The lowest BCUT2D eigenvalue weighted by Gasteiger charge is -2.09. The van der Waals surface area contributed by atoms with E-state index in [0.29, 0.717) is 6.42 Å². The van der Waals surface area contributed by atoms with Crippen LogP contribution < -0.4 is 4.74 Å². The molecular weight excluding hydrogens is 312 g/mol. The first-order valence-electron chi connectivity index (χ1n) is 7.02. The summed E-state index contributed by atoms with van der Waals surface area (Å²) in [5.74, 6) is 6.34. The summed E-state index contributed by atoms with van der Waals surface area (Å²) in [5.41, 5.74) is 0. The molecule has 5 heteroatoms. The summed E-state index contributed by atoms with van der Waals surface area (Å²) in [5, 5.41) is 2.00. The van der Waals surface area contributed by atoms with Crippen molar-refractivity contribution in [2.45, 2.75) is 23.8 Å². The van der Waals surface area contributed by atoms with Gasteiger partial charge in [-0.25, -0.2) is 4.79 Å². The van der Waals surface area contributed by atoms with Gasteiger partial charge in [-0.2, -0.15) is 0 Å². The standard InChI is InChI=1S/C18H20O4S/c1-4-5-8-16(22-18(19)21-3)9-6-7-14-23-17-12-10-15(20-2)11-13-17/h4,7,10-14,16H,1,6,9H2,2-3H3/b14-7+. The van der Waals surface area contributed by atoms with E-state index in [9.17, 15) is 4.79 Å². The number of hydrogen-bond acceptors (Lipinski definition) is 5. The largest absolute Gasteiger partial charge is 0.509 e. The Kier molecular flexibility index (Phi) is 9.18. The fraction of sp³-hybridized carbons (Fsp3) is 0.278. The predicted octanol–water partition coefficient (Wildman–Crippen LogP) is 4.42. The molecule has 122 valence electrons. The van der Waals surface area contributed by atoms with Crippen molar-refractivity contribution in [2.24, 2.45) is 0 Å². The second-order valence-electron chi connectivity index (χ2n) is 4.30. The molecule has 0 aromatic heterocycles. The molecule has 4 nitrogen and oxygen atoms in total. The van der Waals surface area contributed by atoms with Crippen LogP contribution in [-0.4, -0.2) is 26.5 Å². The van der Waals surface area contributed by atoms with Gasteiger partial charge >= 0.3 is 6.16 Å². The zero-order valence-electron chi connectivity index (χ0n) is 13.3. The molecule has 0 saturated carbocycles. The Morgan fingerprint density at radius 3 is 2.70 bits per heavy atom. The van der Waals surface area contributed by atoms with Crippen LogP contribution in [0.3, 0.4) is 0 Å². The van der Waals surface area contributed by atoms with Crippen molar-refractivity contribution in [3.63, 3.8) is 0 Å². The molecule has 0 radical (unpaired) electrons. The summed E-state index contributed by atoms with van der Waals surface area (Å²) in [4.78, 5) is 12.3. The minimum atomic E-state index is -0.732. The number of carbonyl (C=O) groups excluding carboxylic acids is 1. The molecular formula is C18H20O4S. The Labute approximate surface area is 141 Å². The quantitative estimate of drug-likeness (QED) is 0.420. The summed E-state index contributed by atoms with van der Waals surface area (Å²) < 4.78 is 14.6.